The van der Waals surface area contributed by atoms with Gasteiger partial charge in [0.25, 0.3) is 0 Å². The Kier molecular flexibility index (Phi) is 6.66. The van der Waals surface area contributed by atoms with Crippen LogP contribution in [-0.2, 0) is 0 Å². The van der Waals surface area contributed by atoms with Gasteiger partial charge < -0.3 is 0 Å². The maximum Gasteiger partial charge on any atom is -0.0219 e. The maximum absolute atomic E-state index is 2.41. The van der Waals surface area contributed by atoms with Crippen molar-refractivity contribution in [2.45, 2.75) is 53.9 Å². The van der Waals surface area contributed by atoms with Gasteiger partial charge in [0.1, 0.15) is 0 Å². The molecule has 0 spiro atoms. The second-order valence-electron chi connectivity index (χ2n) is 3.47. The fourth-order valence-electron chi connectivity index (χ4n) is 1.70. The maximum atomic E-state index is 2.41. The van der Waals surface area contributed by atoms with E-state index in [1.54, 1.807) is 11.1 Å². The first kappa shape index (κ1) is 12.5. The van der Waals surface area contributed by atoms with Crippen molar-refractivity contribution in [1.29, 1.82) is 0 Å². The van der Waals surface area contributed by atoms with Crippen molar-refractivity contribution in [3.05, 3.63) is 23.3 Å². The summed E-state index contributed by atoms with van der Waals surface area (Å²) in [6, 6.07) is 0. The zero-order valence-electron chi connectivity index (χ0n) is 9.85. The summed E-state index contributed by atoms with van der Waals surface area (Å²) in [6.07, 6.45) is 8.50. The van der Waals surface area contributed by atoms with E-state index in [0.717, 1.165) is 0 Å². The smallest absolute Gasteiger partial charge is 0.0219 e. The molecular formula is C13H24. The van der Waals surface area contributed by atoms with Gasteiger partial charge in [0.05, 0.1) is 0 Å². The molecule has 76 valence electrons. The minimum Gasteiger partial charge on any atom is -0.0807 e. The Balaban J connectivity index is 0.000000671. The van der Waals surface area contributed by atoms with Crippen LogP contribution in [0, 0.1) is 5.92 Å². The van der Waals surface area contributed by atoms with Crippen LogP contribution in [0.25, 0.3) is 0 Å². The Labute approximate surface area is 83.7 Å². The topological polar surface area (TPSA) is 0 Å². The van der Waals surface area contributed by atoms with E-state index in [1.165, 1.54) is 19.3 Å². The van der Waals surface area contributed by atoms with Crippen LogP contribution in [-0.4, -0.2) is 0 Å². The van der Waals surface area contributed by atoms with Gasteiger partial charge in [0, 0.05) is 0 Å². The van der Waals surface area contributed by atoms with Crippen LogP contribution < -0.4 is 0 Å². The van der Waals surface area contributed by atoms with Gasteiger partial charge in [-0.25, -0.2) is 0 Å². The van der Waals surface area contributed by atoms with Crippen molar-refractivity contribution >= 4 is 0 Å². The highest BCUT2D eigenvalue weighted by molar-refractivity contribution is 5.34. The van der Waals surface area contributed by atoms with E-state index in [2.05, 4.69) is 32.9 Å². The lowest BCUT2D eigenvalue weighted by Gasteiger charge is -2.17. The zero-order chi connectivity index (χ0) is 10.3. The molecule has 0 radical (unpaired) electrons. The molecule has 0 heteroatoms. The summed E-state index contributed by atoms with van der Waals surface area (Å²) in [5.41, 5.74) is 3.16. The second-order valence-corrected chi connectivity index (χ2v) is 3.47. The van der Waals surface area contributed by atoms with Crippen molar-refractivity contribution in [3.63, 3.8) is 0 Å². The molecule has 0 aromatic carbocycles. The Morgan fingerprint density at radius 1 is 1.15 bits per heavy atom. The average molecular weight is 180 g/mol. The fraction of sp³-hybridized carbons (Fsp3) is 0.692. The normalized spacial score (nSPS) is 15.8. The third kappa shape index (κ3) is 3.80. The molecule has 0 atom stereocenters. The first-order valence-corrected chi connectivity index (χ1v) is 5.65. The molecule has 0 heterocycles. The molecule has 0 nitrogen and oxygen atoms in total. The molecule has 0 saturated carbocycles. The molecule has 1 aliphatic rings. The van der Waals surface area contributed by atoms with Crippen LogP contribution in [0.15, 0.2) is 23.3 Å². The molecule has 0 saturated heterocycles. The Morgan fingerprint density at radius 2 is 1.69 bits per heavy atom. The Morgan fingerprint density at radius 3 is 2.08 bits per heavy atom. The van der Waals surface area contributed by atoms with E-state index >= 15 is 0 Å². The molecule has 0 amide bonds. The lowest BCUT2D eigenvalue weighted by atomic mass is 9.88. The molecule has 0 bridgehead atoms. The lowest BCUT2D eigenvalue weighted by molar-refractivity contribution is 0.744. The van der Waals surface area contributed by atoms with E-state index in [0.29, 0.717) is 5.92 Å². The van der Waals surface area contributed by atoms with Crippen molar-refractivity contribution in [1.82, 2.24) is 0 Å². The second kappa shape index (κ2) is 6.94. The number of hydrogen-bond acceptors (Lipinski definition) is 0. The minimum atomic E-state index is 0.710. The summed E-state index contributed by atoms with van der Waals surface area (Å²) in [5, 5.41) is 0. The molecule has 0 aromatic heterocycles. The molecule has 0 fully saturated rings. The van der Waals surface area contributed by atoms with Crippen molar-refractivity contribution in [2.24, 2.45) is 5.92 Å². The monoisotopic (exact) mass is 180 g/mol. The van der Waals surface area contributed by atoms with Gasteiger partial charge in [-0.3, -0.25) is 0 Å². The summed E-state index contributed by atoms with van der Waals surface area (Å²) >= 11 is 0. The highest BCUT2D eigenvalue weighted by atomic mass is 14.1. The fourth-order valence-corrected chi connectivity index (χ4v) is 1.70. The molecule has 0 unspecified atom stereocenters. The SMILES string of the molecule is CC.CCC1=CCCC=C1C(C)C. The number of rotatable bonds is 2. The number of hydrogen-bond donors (Lipinski definition) is 0. The quantitative estimate of drug-likeness (QED) is 0.576. The first-order valence-electron chi connectivity index (χ1n) is 5.65. The molecule has 0 N–H and O–H groups in total. The van der Waals surface area contributed by atoms with E-state index in [9.17, 15) is 0 Å². The highest BCUT2D eigenvalue weighted by Crippen LogP contribution is 2.26. The van der Waals surface area contributed by atoms with Crippen LogP contribution in [0.2, 0.25) is 0 Å². The summed E-state index contributed by atoms with van der Waals surface area (Å²) < 4.78 is 0. The average Bonchev–Trinajstić information content (AvgIpc) is 2.20. The van der Waals surface area contributed by atoms with Gasteiger partial charge in [-0.2, -0.15) is 0 Å². The zero-order valence-corrected chi connectivity index (χ0v) is 9.85. The van der Waals surface area contributed by atoms with Crippen LogP contribution in [0.5, 0.6) is 0 Å². The summed E-state index contributed by atoms with van der Waals surface area (Å²) in [7, 11) is 0. The molecule has 0 aromatic rings. The van der Waals surface area contributed by atoms with Gasteiger partial charge >= 0.3 is 0 Å². The first-order chi connectivity index (χ1) is 6.25. The molecule has 13 heavy (non-hydrogen) atoms. The van der Waals surface area contributed by atoms with Crippen LogP contribution in [0.3, 0.4) is 0 Å². The largest absolute Gasteiger partial charge is 0.0807 e. The van der Waals surface area contributed by atoms with Crippen LogP contribution in [0.1, 0.15) is 53.9 Å². The third-order valence-electron chi connectivity index (χ3n) is 2.30. The minimum absolute atomic E-state index is 0.710. The van der Waals surface area contributed by atoms with Gasteiger partial charge in [0.15, 0.2) is 0 Å². The van der Waals surface area contributed by atoms with Gasteiger partial charge in [0.2, 0.25) is 0 Å². The molecule has 1 aliphatic carbocycles. The van der Waals surface area contributed by atoms with Crippen molar-refractivity contribution < 1.29 is 0 Å². The number of allylic oxidation sites excluding steroid dienone is 4. The predicted molar refractivity (Wildman–Crippen MR) is 61.9 cm³/mol. The Bertz CT molecular complexity index is 182. The third-order valence-corrected chi connectivity index (χ3v) is 2.30. The van der Waals surface area contributed by atoms with E-state index < -0.39 is 0 Å². The molecular weight excluding hydrogens is 156 g/mol. The van der Waals surface area contributed by atoms with Crippen LogP contribution >= 0.6 is 0 Å². The van der Waals surface area contributed by atoms with Crippen LogP contribution in [0.4, 0.5) is 0 Å². The molecule has 1 rings (SSSR count). The summed E-state index contributed by atoms with van der Waals surface area (Å²) in [6.45, 7) is 10.8. The highest BCUT2D eigenvalue weighted by Gasteiger charge is 2.09. The Hall–Kier alpha value is -0.520. The summed E-state index contributed by atoms with van der Waals surface area (Å²) in [4.78, 5) is 0. The van der Waals surface area contributed by atoms with Gasteiger partial charge in [-0.15, -0.1) is 0 Å². The molecule has 0 aliphatic heterocycles. The predicted octanol–water partition coefficient (Wildman–Crippen LogP) is 4.73. The van der Waals surface area contributed by atoms with E-state index in [1.807, 2.05) is 13.8 Å². The van der Waals surface area contributed by atoms with Gasteiger partial charge in [-0.1, -0.05) is 46.8 Å². The van der Waals surface area contributed by atoms with Crippen molar-refractivity contribution in [3.8, 4) is 0 Å². The standard InChI is InChI=1S/C11H18.C2H6/c1-4-10-7-5-6-8-11(10)9(2)3;1-2/h7-9H,4-6H2,1-3H3;1-2H3. The lowest BCUT2D eigenvalue weighted by Crippen LogP contribution is -2.01. The summed E-state index contributed by atoms with van der Waals surface area (Å²) in [5.74, 6) is 0.710. The van der Waals surface area contributed by atoms with E-state index in [-0.39, 0.29) is 0 Å². The van der Waals surface area contributed by atoms with Crippen molar-refractivity contribution in [2.75, 3.05) is 0 Å². The van der Waals surface area contributed by atoms with Gasteiger partial charge in [-0.05, 0) is 36.3 Å². The van der Waals surface area contributed by atoms with E-state index in [4.69, 9.17) is 0 Å².